The van der Waals surface area contributed by atoms with E-state index in [0.29, 0.717) is 18.1 Å². The van der Waals surface area contributed by atoms with Gasteiger partial charge < -0.3 is 21.1 Å². The first-order chi connectivity index (χ1) is 14.4. The number of nitrogen functional groups attached to an aromatic ring is 1. The van der Waals surface area contributed by atoms with Gasteiger partial charge in [0, 0.05) is 25.8 Å². The summed E-state index contributed by atoms with van der Waals surface area (Å²) in [5.74, 6) is -0.313. The van der Waals surface area contributed by atoms with Crippen LogP contribution in [0.15, 0.2) is 36.9 Å². The molecule has 4 N–H and O–H groups in total. The van der Waals surface area contributed by atoms with Gasteiger partial charge in [0.1, 0.15) is 17.1 Å². The number of amides is 2. The molecule has 1 saturated carbocycles. The molecule has 1 aliphatic heterocycles. The quantitative estimate of drug-likeness (QED) is 0.709. The fraction of sp³-hybridized carbons (Fsp3) is 0.409. The van der Waals surface area contributed by atoms with Crippen LogP contribution in [-0.2, 0) is 16.1 Å². The molecule has 0 atom stereocenters. The zero-order chi connectivity index (χ0) is 21.5. The van der Waals surface area contributed by atoms with E-state index < -0.39 is 5.91 Å². The molecule has 8 nitrogen and oxygen atoms in total. The van der Waals surface area contributed by atoms with E-state index in [4.69, 9.17) is 16.2 Å². The van der Waals surface area contributed by atoms with Crippen molar-refractivity contribution in [3.05, 3.63) is 48.0 Å². The molecule has 0 radical (unpaired) electrons. The number of nitrogens with zero attached hydrogens (tertiary/aromatic N) is 3. The first-order valence-electron chi connectivity index (χ1n) is 10.0. The van der Waals surface area contributed by atoms with Gasteiger partial charge in [0.2, 0.25) is 5.91 Å². The van der Waals surface area contributed by atoms with E-state index >= 15 is 0 Å². The molecule has 2 heterocycles. The molecule has 4 rings (SSSR count). The largest absolute Gasteiger partial charge is 0.383 e. The van der Waals surface area contributed by atoms with Gasteiger partial charge in [-0.05, 0) is 36.3 Å². The Kier molecular flexibility index (Phi) is 5.11. The molecule has 2 aromatic rings. The predicted molar refractivity (Wildman–Crippen MR) is 113 cm³/mol. The molecule has 0 bridgehead atoms. The summed E-state index contributed by atoms with van der Waals surface area (Å²) in [6.45, 7) is 5.56. The summed E-state index contributed by atoms with van der Waals surface area (Å²) in [5, 5.41) is 4.69. The van der Waals surface area contributed by atoms with Crippen LogP contribution in [0.2, 0.25) is 0 Å². The van der Waals surface area contributed by atoms with Crippen LogP contribution in [0.4, 0.5) is 5.82 Å². The lowest BCUT2D eigenvalue weighted by molar-refractivity contribution is -0.125. The van der Waals surface area contributed by atoms with Crippen molar-refractivity contribution in [2.45, 2.75) is 31.9 Å². The second kappa shape index (κ2) is 7.60. The van der Waals surface area contributed by atoms with Crippen molar-refractivity contribution < 1.29 is 14.3 Å². The lowest BCUT2D eigenvalue weighted by atomic mass is 9.65. The van der Waals surface area contributed by atoms with Crippen LogP contribution < -0.4 is 11.5 Å². The summed E-state index contributed by atoms with van der Waals surface area (Å²) in [7, 11) is 1.64. The van der Waals surface area contributed by atoms with E-state index in [1.54, 1.807) is 11.8 Å². The van der Waals surface area contributed by atoms with E-state index in [-0.39, 0.29) is 22.9 Å². The second-order valence-electron chi connectivity index (χ2n) is 8.32. The normalized spacial score (nSPS) is 22.8. The third-order valence-corrected chi connectivity index (χ3v) is 6.34. The van der Waals surface area contributed by atoms with Crippen LogP contribution in [0.5, 0.6) is 0 Å². The number of aromatic nitrogens is 2. The number of benzene rings is 1. The Morgan fingerprint density at radius 3 is 2.63 bits per heavy atom. The van der Waals surface area contributed by atoms with Crippen LogP contribution in [-0.4, -0.2) is 46.7 Å². The van der Waals surface area contributed by atoms with Gasteiger partial charge in [-0.2, -0.15) is 5.10 Å². The van der Waals surface area contributed by atoms with Crippen LogP contribution in [0.3, 0.4) is 0 Å². The smallest absolute Gasteiger partial charge is 0.254 e. The molecule has 1 saturated heterocycles. The Labute approximate surface area is 175 Å². The summed E-state index contributed by atoms with van der Waals surface area (Å²) in [6.07, 6.45) is 4.05. The molecule has 2 amide bonds. The summed E-state index contributed by atoms with van der Waals surface area (Å²) in [5.41, 5.74) is 14.6. The van der Waals surface area contributed by atoms with E-state index in [9.17, 15) is 9.59 Å². The van der Waals surface area contributed by atoms with E-state index in [0.717, 1.165) is 43.5 Å². The number of nitrogens with two attached hydrogens (primary N) is 2. The maximum absolute atomic E-state index is 12.1. The molecule has 2 fully saturated rings. The molecule has 158 valence electrons. The SMILES string of the molecule is C=CC(=O)N1CC[C@]2(C1)C[C@H](n1nc(-c3ccc(COC)cc3)c(C(N)=O)c1N)C2. The summed E-state index contributed by atoms with van der Waals surface area (Å²) in [6, 6.07) is 7.74. The van der Waals surface area contributed by atoms with Crippen LogP contribution in [0, 0.1) is 5.41 Å². The average molecular weight is 409 g/mol. The molecule has 2 aliphatic rings. The molecule has 0 unspecified atom stereocenters. The zero-order valence-electron chi connectivity index (χ0n) is 17.1. The van der Waals surface area contributed by atoms with Crippen molar-refractivity contribution >= 4 is 17.6 Å². The highest BCUT2D eigenvalue weighted by Crippen LogP contribution is 2.54. The highest BCUT2D eigenvalue weighted by Gasteiger charge is 2.50. The maximum Gasteiger partial charge on any atom is 0.254 e. The number of likely N-dealkylation sites (tertiary alicyclic amines) is 1. The number of carbonyl (C=O) groups excluding carboxylic acids is 2. The third-order valence-electron chi connectivity index (χ3n) is 6.34. The highest BCUT2D eigenvalue weighted by atomic mass is 16.5. The number of hydrogen-bond donors (Lipinski definition) is 2. The molecular weight excluding hydrogens is 382 g/mol. The summed E-state index contributed by atoms with van der Waals surface area (Å²) < 4.78 is 6.88. The zero-order valence-corrected chi connectivity index (χ0v) is 17.1. The van der Waals surface area contributed by atoms with Crippen LogP contribution in [0.1, 0.15) is 41.2 Å². The van der Waals surface area contributed by atoms with E-state index in [2.05, 4.69) is 11.7 Å². The van der Waals surface area contributed by atoms with Crippen molar-refractivity contribution in [1.29, 1.82) is 0 Å². The van der Waals surface area contributed by atoms with Gasteiger partial charge in [-0.15, -0.1) is 0 Å². The van der Waals surface area contributed by atoms with Gasteiger partial charge in [0.15, 0.2) is 0 Å². The topological polar surface area (TPSA) is 116 Å². The lowest BCUT2D eigenvalue weighted by Crippen LogP contribution is -2.42. The fourth-order valence-electron chi connectivity index (χ4n) is 4.79. The summed E-state index contributed by atoms with van der Waals surface area (Å²) >= 11 is 0. The lowest BCUT2D eigenvalue weighted by Gasteiger charge is -2.45. The second-order valence-corrected chi connectivity index (χ2v) is 8.32. The number of anilines is 1. The van der Waals surface area contributed by atoms with Crippen LogP contribution >= 0.6 is 0 Å². The standard InChI is InChI=1S/C22H27N5O3/c1-3-17(28)26-9-8-22(13-26)10-16(11-22)27-20(23)18(21(24)29)19(25-27)15-6-4-14(5-7-15)12-30-2/h3-7,16H,1,8-13,23H2,2H3,(H2,24,29)/t16-,22-. The Hall–Kier alpha value is -3.13. The Morgan fingerprint density at radius 2 is 2.03 bits per heavy atom. The summed E-state index contributed by atoms with van der Waals surface area (Å²) in [4.78, 5) is 25.9. The first-order valence-corrected chi connectivity index (χ1v) is 10.0. The third kappa shape index (κ3) is 3.37. The van der Waals surface area contributed by atoms with Crippen molar-refractivity contribution in [1.82, 2.24) is 14.7 Å². The van der Waals surface area contributed by atoms with Gasteiger partial charge >= 0.3 is 0 Å². The van der Waals surface area contributed by atoms with Crippen LogP contribution in [0.25, 0.3) is 11.3 Å². The Balaban J connectivity index is 1.57. The number of hydrogen-bond acceptors (Lipinski definition) is 5. The minimum Gasteiger partial charge on any atom is -0.383 e. The van der Waals surface area contributed by atoms with Crippen molar-refractivity contribution in [2.75, 3.05) is 25.9 Å². The van der Waals surface area contributed by atoms with Gasteiger partial charge in [0.25, 0.3) is 5.91 Å². The van der Waals surface area contributed by atoms with Crippen molar-refractivity contribution in [3.8, 4) is 11.3 Å². The molecule has 30 heavy (non-hydrogen) atoms. The fourth-order valence-corrected chi connectivity index (χ4v) is 4.79. The molecule has 1 aromatic carbocycles. The molecular formula is C22H27N5O3. The predicted octanol–water partition coefficient (Wildman–Crippen LogP) is 2.12. The van der Waals surface area contributed by atoms with E-state index in [1.165, 1.54) is 6.08 Å². The van der Waals surface area contributed by atoms with Gasteiger partial charge in [-0.1, -0.05) is 30.8 Å². The van der Waals surface area contributed by atoms with Gasteiger partial charge in [0.05, 0.1) is 12.6 Å². The average Bonchev–Trinajstić information content (AvgIpc) is 3.29. The monoisotopic (exact) mass is 409 g/mol. The number of ether oxygens (including phenoxy) is 1. The van der Waals surface area contributed by atoms with Crippen molar-refractivity contribution in [3.63, 3.8) is 0 Å². The molecule has 1 aliphatic carbocycles. The number of primary amides is 1. The number of methoxy groups -OCH3 is 1. The van der Waals surface area contributed by atoms with E-state index in [1.807, 2.05) is 29.2 Å². The number of rotatable bonds is 6. The molecule has 1 spiro atoms. The van der Waals surface area contributed by atoms with Crippen molar-refractivity contribution in [2.24, 2.45) is 11.1 Å². The van der Waals surface area contributed by atoms with Gasteiger partial charge in [-0.25, -0.2) is 4.68 Å². The van der Waals surface area contributed by atoms with Gasteiger partial charge in [-0.3, -0.25) is 9.59 Å². The maximum atomic E-state index is 12.1. The molecule has 1 aromatic heterocycles. The molecule has 8 heteroatoms. The minimum atomic E-state index is -0.590. The highest BCUT2D eigenvalue weighted by molar-refractivity contribution is 6.03. The Bertz CT molecular complexity index is 989. The minimum absolute atomic E-state index is 0.0239. The Morgan fingerprint density at radius 1 is 1.33 bits per heavy atom. The number of carbonyl (C=O) groups is 2. The first kappa shape index (κ1) is 20.2.